The zero-order valence-electron chi connectivity index (χ0n) is 11.2. The van der Waals surface area contributed by atoms with Gasteiger partial charge in [-0.1, -0.05) is 23.2 Å². The minimum absolute atomic E-state index is 0.122. The van der Waals surface area contributed by atoms with E-state index >= 15 is 0 Å². The zero-order chi connectivity index (χ0) is 15.0. The first-order chi connectivity index (χ1) is 10.0. The Bertz CT molecular complexity index is 701. The van der Waals surface area contributed by atoms with Crippen molar-refractivity contribution in [1.82, 2.24) is 0 Å². The molecule has 1 heterocycles. The van der Waals surface area contributed by atoms with Gasteiger partial charge >= 0.3 is 0 Å². The Hall–Kier alpha value is -1.36. The summed E-state index contributed by atoms with van der Waals surface area (Å²) in [7, 11) is 1.80. The minimum Gasteiger partial charge on any atom is -0.326 e. The van der Waals surface area contributed by atoms with E-state index in [9.17, 15) is 4.79 Å². The second-order valence-corrected chi connectivity index (χ2v) is 6.53. The lowest BCUT2D eigenvalue weighted by molar-refractivity contribution is -0.117. The van der Waals surface area contributed by atoms with Gasteiger partial charge in [-0.05, 0) is 53.9 Å². The molecule has 3 nitrogen and oxygen atoms in total. The van der Waals surface area contributed by atoms with E-state index in [1.165, 1.54) is 11.9 Å². The van der Waals surface area contributed by atoms with E-state index in [2.05, 4.69) is 4.72 Å². The van der Waals surface area contributed by atoms with Crippen LogP contribution in [0.15, 0.2) is 41.3 Å². The number of carbonyl (C=O) groups excluding carboxylic acids is 1. The molecule has 1 aliphatic heterocycles. The fourth-order valence-electron chi connectivity index (χ4n) is 2.24. The van der Waals surface area contributed by atoms with Crippen molar-refractivity contribution in [3.05, 3.63) is 52.0 Å². The summed E-state index contributed by atoms with van der Waals surface area (Å²) < 4.78 is 3.24. The Morgan fingerprint density at radius 2 is 1.86 bits per heavy atom. The van der Waals surface area contributed by atoms with Gasteiger partial charge < -0.3 is 9.62 Å². The van der Waals surface area contributed by atoms with Crippen LogP contribution in [0.4, 0.5) is 11.4 Å². The van der Waals surface area contributed by atoms with E-state index in [-0.39, 0.29) is 5.91 Å². The first kappa shape index (κ1) is 14.6. The van der Waals surface area contributed by atoms with Gasteiger partial charge in [0.1, 0.15) is 0 Å². The number of carbonyl (C=O) groups is 1. The number of nitrogens with one attached hydrogen (secondary N) is 1. The fourth-order valence-corrected chi connectivity index (χ4v) is 3.63. The van der Waals surface area contributed by atoms with Crippen LogP contribution in [0.5, 0.6) is 0 Å². The van der Waals surface area contributed by atoms with Crippen LogP contribution in [0, 0.1) is 0 Å². The van der Waals surface area contributed by atoms with Crippen LogP contribution >= 0.6 is 35.1 Å². The van der Waals surface area contributed by atoms with Gasteiger partial charge in [0.25, 0.3) is 0 Å². The number of hydrogen-bond donors (Lipinski definition) is 1. The second kappa shape index (κ2) is 5.79. The van der Waals surface area contributed by atoms with Gasteiger partial charge in [-0.2, -0.15) is 0 Å². The monoisotopic (exact) mass is 338 g/mol. The van der Waals surface area contributed by atoms with Crippen molar-refractivity contribution in [2.24, 2.45) is 0 Å². The van der Waals surface area contributed by atoms with Crippen molar-refractivity contribution in [2.45, 2.75) is 11.3 Å². The van der Waals surface area contributed by atoms with Crippen molar-refractivity contribution in [3.63, 3.8) is 0 Å². The van der Waals surface area contributed by atoms with Gasteiger partial charge in [0.05, 0.1) is 6.42 Å². The van der Waals surface area contributed by atoms with E-state index in [1.54, 1.807) is 18.0 Å². The maximum absolute atomic E-state index is 11.7. The maximum Gasteiger partial charge on any atom is 0.231 e. The number of rotatable bonds is 3. The Balaban J connectivity index is 1.75. The summed E-state index contributed by atoms with van der Waals surface area (Å²) in [5.74, 6) is 0.122. The Labute approximate surface area is 137 Å². The highest BCUT2D eigenvalue weighted by Gasteiger charge is 2.23. The molecule has 0 fully saturated rings. The SMILES string of the molecule is CN1C(=O)Cc2cc(NSc3cc(Cl)cc(Cl)c3)ccc21. The van der Waals surface area contributed by atoms with Crippen LogP contribution in [0.25, 0.3) is 0 Å². The van der Waals surface area contributed by atoms with E-state index in [4.69, 9.17) is 23.2 Å². The summed E-state index contributed by atoms with van der Waals surface area (Å²) >= 11 is 13.4. The molecule has 6 heteroatoms. The van der Waals surface area contributed by atoms with Crippen molar-refractivity contribution in [2.75, 3.05) is 16.7 Å². The number of benzene rings is 2. The molecule has 0 saturated carbocycles. The van der Waals surface area contributed by atoms with Gasteiger partial charge in [-0.15, -0.1) is 0 Å². The average molecular weight is 339 g/mol. The normalized spacial score (nSPS) is 13.5. The van der Waals surface area contributed by atoms with Crippen molar-refractivity contribution in [1.29, 1.82) is 0 Å². The summed E-state index contributed by atoms with van der Waals surface area (Å²) in [6, 6.07) is 11.3. The van der Waals surface area contributed by atoms with Gasteiger partial charge in [0.2, 0.25) is 5.91 Å². The van der Waals surface area contributed by atoms with Gasteiger partial charge in [0.15, 0.2) is 0 Å². The molecule has 0 unspecified atom stereocenters. The molecule has 0 saturated heterocycles. The summed E-state index contributed by atoms with van der Waals surface area (Å²) in [6.45, 7) is 0. The van der Waals surface area contributed by atoms with Crippen LogP contribution in [-0.4, -0.2) is 13.0 Å². The number of halogens is 2. The molecule has 2 aromatic carbocycles. The summed E-state index contributed by atoms with van der Waals surface area (Å²) in [5.41, 5.74) is 2.96. The molecule has 21 heavy (non-hydrogen) atoms. The third-order valence-corrected chi connectivity index (χ3v) is 4.53. The highest BCUT2D eigenvalue weighted by atomic mass is 35.5. The zero-order valence-corrected chi connectivity index (χ0v) is 13.5. The van der Waals surface area contributed by atoms with Crippen molar-refractivity contribution in [3.8, 4) is 0 Å². The van der Waals surface area contributed by atoms with Gasteiger partial charge in [-0.25, -0.2) is 0 Å². The molecule has 0 aliphatic carbocycles. The van der Waals surface area contributed by atoms with Crippen molar-refractivity contribution < 1.29 is 4.79 Å². The largest absolute Gasteiger partial charge is 0.326 e. The number of nitrogens with zero attached hydrogens (tertiary/aromatic N) is 1. The van der Waals surface area contributed by atoms with Crippen LogP contribution in [0.2, 0.25) is 10.0 Å². The van der Waals surface area contributed by atoms with E-state index < -0.39 is 0 Å². The van der Waals surface area contributed by atoms with E-state index in [0.29, 0.717) is 16.5 Å². The van der Waals surface area contributed by atoms with Gasteiger partial charge in [-0.3, -0.25) is 4.79 Å². The topological polar surface area (TPSA) is 32.3 Å². The predicted molar refractivity (Wildman–Crippen MR) is 89.5 cm³/mol. The molecule has 0 aromatic heterocycles. The number of likely N-dealkylation sites (N-methyl/N-ethyl adjacent to an activating group) is 1. The quantitative estimate of drug-likeness (QED) is 0.828. The lowest BCUT2D eigenvalue weighted by Gasteiger charge is -2.11. The molecular weight excluding hydrogens is 327 g/mol. The van der Waals surface area contributed by atoms with Crippen molar-refractivity contribution >= 4 is 52.4 Å². The minimum atomic E-state index is 0.122. The Morgan fingerprint density at radius 3 is 2.57 bits per heavy atom. The molecule has 0 radical (unpaired) electrons. The molecule has 2 aromatic rings. The molecule has 0 bridgehead atoms. The fraction of sp³-hybridized carbons (Fsp3) is 0.133. The number of hydrogen-bond acceptors (Lipinski definition) is 3. The highest BCUT2D eigenvalue weighted by Crippen LogP contribution is 2.32. The third-order valence-electron chi connectivity index (χ3n) is 3.28. The Kier molecular flexibility index (Phi) is 4.02. The molecule has 0 spiro atoms. The predicted octanol–water partition coefficient (Wildman–Crippen LogP) is 4.63. The number of amides is 1. The summed E-state index contributed by atoms with van der Waals surface area (Å²) in [5, 5.41) is 1.21. The van der Waals surface area contributed by atoms with Crippen LogP contribution in [0.1, 0.15) is 5.56 Å². The second-order valence-electron chi connectivity index (χ2n) is 4.78. The van der Waals surface area contributed by atoms with Crippen LogP contribution in [0.3, 0.4) is 0 Å². The van der Waals surface area contributed by atoms with Crippen LogP contribution in [-0.2, 0) is 11.2 Å². The molecule has 0 atom stereocenters. The molecule has 1 amide bonds. The molecule has 1 aliphatic rings. The van der Waals surface area contributed by atoms with E-state index in [0.717, 1.165) is 21.8 Å². The van der Waals surface area contributed by atoms with Crippen LogP contribution < -0.4 is 9.62 Å². The molecular formula is C15H12Cl2N2OS. The average Bonchev–Trinajstić information content (AvgIpc) is 2.70. The Morgan fingerprint density at radius 1 is 1.14 bits per heavy atom. The third kappa shape index (κ3) is 3.12. The van der Waals surface area contributed by atoms with E-state index in [1.807, 2.05) is 30.3 Å². The molecule has 108 valence electrons. The summed E-state index contributed by atoms with van der Waals surface area (Å²) in [4.78, 5) is 14.3. The summed E-state index contributed by atoms with van der Waals surface area (Å²) in [6.07, 6.45) is 0.453. The first-order valence-corrected chi connectivity index (χ1v) is 7.88. The lowest BCUT2D eigenvalue weighted by Crippen LogP contribution is -2.20. The lowest BCUT2D eigenvalue weighted by atomic mass is 10.1. The molecule has 3 rings (SSSR count). The first-order valence-electron chi connectivity index (χ1n) is 6.31. The number of anilines is 2. The standard InChI is InChI=1S/C15H12Cl2N2OS/c1-19-14-3-2-12(4-9(14)5-15(19)20)18-21-13-7-10(16)6-11(17)8-13/h2-4,6-8,18H,5H2,1H3. The maximum atomic E-state index is 11.7. The highest BCUT2D eigenvalue weighted by molar-refractivity contribution is 8.00. The molecule has 1 N–H and O–H groups in total. The van der Waals surface area contributed by atoms with Gasteiger partial charge in [0, 0.05) is 33.4 Å². The smallest absolute Gasteiger partial charge is 0.231 e. The number of fused-ring (bicyclic) bond motifs is 1.